The lowest BCUT2D eigenvalue weighted by molar-refractivity contribution is 0.306. The second-order valence-corrected chi connectivity index (χ2v) is 13.3. The minimum absolute atomic E-state index is 0.178. The number of ether oxygens (including phenoxy) is 2. The number of pyridine rings is 1. The molecule has 3 aromatic carbocycles. The van der Waals surface area contributed by atoms with E-state index in [1.54, 1.807) is 42.5 Å². The minimum atomic E-state index is -2.30. The summed E-state index contributed by atoms with van der Waals surface area (Å²) in [4.78, 5) is 20.0. The van der Waals surface area contributed by atoms with Gasteiger partial charge in [0.25, 0.3) is 0 Å². The van der Waals surface area contributed by atoms with Gasteiger partial charge >= 0.3 is 0 Å². The highest BCUT2D eigenvalue weighted by molar-refractivity contribution is 7.71. The molecule has 0 aliphatic rings. The summed E-state index contributed by atoms with van der Waals surface area (Å²) in [5, 5.41) is 7.38. The van der Waals surface area contributed by atoms with Crippen molar-refractivity contribution in [2.75, 3.05) is 25.5 Å². The maximum atomic E-state index is 13.5. The monoisotopic (exact) mass is 730 g/mol. The fourth-order valence-electron chi connectivity index (χ4n) is 5.30. The van der Waals surface area contributed by atoms with Gasteiger partial charge in [0.15, 0.2) is 0 Å². The Balaban J connectivity index is 1.15. The fraction of sp³-hybridized carbons (Fsp3) is 0.194. The Hall–Kier alpha value is -4.95. The van der Waals surface area contributed by atoms with E-state index in [2.05, 4.69) is 20.3 Å². The van der Waals surface area contributed by atoms with Crippen molar-refractivity contribution in [3.8, 4) is 22.8 Å². The maximum Gasteiger partial charge on any atom is 0.225 e. The van der Waals surface area contributed by atoms with Gasteiger partial charge in [-0.25, -0.2) is 19.3 Å². The SMILES string of the molecule is COc1cc2ncnc(Nc3ccc(OCc4cccc(F)c4)c(Cl)c3)c2cc1-c1csc(CCCN(C=S(=O)=O)CCc2ccccn2)n1. The number of thiazole rings is 1. The van der Waals surface area contributed by atoms with Gasteiger partial charge in [0, 0.05) is 65.9 Å². The van der Waals surface area contributed by atoms with E-state index in [0.717, 1.165) is 33.8 Å². The molecule has 0 spiro atoms. The van der Waals surface area contributed by atoms with E-state index in [4.69, 9.17) is 26.1 Å². The van der Waals surface area contributed by atoms with Crippen LogP contribution >= 0.6 is 22.9 Å². The third kappa shape index (κ3) is 9.18. The van der Waals surface area contributed by atoms with Crippen LogP contribution in [0.2, 0.25) is 5.02 Å². The molecule has 0 atom stereocenters. The number of nitrogens with one attached hydrogen (secondary N) is 1. The predicted octanol–water partition coefficient (Wildman–Crippen LogP) is 7.39. The second kappa shape index (κ2) is 16.6. The molecule has 0 fully saturated rings. The van der Waals surface area contributed by atoms with E-state index in [9.17, 15) is 12.8 Å². The lowest BCUT2D eigenvalue weighted by Crippen LogP contribution is -2.26. The predicted molar refractivity (Wildman–Crippen MR) is 195 cm³/mol. The molecule has 6 rings (SSSR count). The number of fused-ring (bicyclic) bond motifs is 1. The van der Waals surface area contributed by atoms with Crippen LogP contribution in [0, 0.1) is 5.82 Å². The largest absolute Gasteiger partial charge is 0.496 e. The molecule has 0 saturated carbocycles. The molecule has 14 heteroatoms. The molecule has 0 unspecified atom stereocenters. The van der Waals surface area contributed by atoms with Crippen LogP contribution in [0.1, 0.15) is 22.7 Å². The second-order valence-electron chi connectivity index (χ2n) is 11.2. The number of halogens is 2. The van der Waals surface area contributed by atoms with E-state index in [1.165, 1.54) is 35.3 Å². The molecule has 50 heavy (non-hydrogen) atoms. The van der Waals surface area contributed by atoms with E-state index < -0.39 is 10.3 Å². The molecular formula is C36H32ClFN6O4S2. The Labute approximate surface area is 299 Å². The van der Waals surface area contributed by atoms with E-state index >= 15 is 0 Å². The van der Waals surface area contributed by atoms with Crippen molar-refractivity contribution >= 4 is 61.1 Å². The van der Waals surface area contributed by atoms with E-state index in [0.29, 0.717) is 65.0 Å². The average Bonchev–Trinajstić information content (AvgIpc) is 3.59. The lowest BCUT2D eigenvalue weighted by atomic mass is 10.1. The quantitative estimate of drug-likeness (QED) is 0.107. The summed E-state index contributed by atoms with van der Waals surface area (Å²) in [5.41, 5.74) is 5.74. The van der Waals surface area contributed by atoms with E-state index in [-0.39, 0.29) is 12.4 Å². The molecule has 0 radical (unpaired) electrons. The van der Waals surface area contributed by atoms with Gasteiger partial charge in [0.1, 0.15) is 41.6 Å². The summed E-state index contributed by atoms with van der Waals surface area (Å²) >= 11 is 8.08. The van der Waals surface area contributed by atoms with Crippen molar-refractivity contribution in [2.24, 2.45) is 0 Å². The van der Waals surface area contributed by atoms with Crippen LogP contribution in [-0.2, 0) is 29.7 Å². The molecule has 0 bridgehead atoms. The Morgan fingerprint density at radius 2 is 1.88 bits per heavy atom. The molecule has 3 heterocycles. The molecule has 3 aromatic heterocycles. The average molecular weight is 731 g/mol. The van der Waals surface area contributed by atoms with Crippen molar-refractivity contribution in [2.45, 2.75) is 25.9 Å². The van der Waals surface area contributed by atoms with Crippen LogP contribution in [0.3, 0.4) is 0 Å². The van der Waals surface area contributed by atoms with Crippen molar-refractivity contribution in [1.82, 2.24) is 24.8 Å². The summed E-state index contributed by atoms with van der Waals surface area (Å²) in [6, 6.07) is 21.0. The standard InChI is InChI=1S/C36H32ClFN6O4S2/c1-47-34-19-31-29(36(41-22-40-31)42-27-10-11-33(30(37)17-27)48-20-24-6-4-7-25(38)16-24)18-28(34)32-21-49-35(43-32)9-5-14-44(23-50(45)46)15-12-26-8-2-3-13-39-26/h2-4,6-8,10-11,13,16-19,21-23H,5,9,12,14-15,20H2,1H3,(H,40,41,42). The summed E-state index contributed by atoms with van der Waals surface area (Å²) in [7, 11) is -0.693. The summed E-state index contributed by atoms with van der Waals surface area (Å²) in [6.45, 7) is 1.28. The third-order valence-corrected chi connectivity index (χ3v) is 9.39. The minimum Gasteiger partial charge on any atom is -0.496 e. The summed E-state index contributed by atoms with van der Waals surface area (Å²) < 4.78 is 48.0. The van der Waals surface area contributed by atoms with Crippen molar-refractivity contribution < 1.29 is 22.3 Å². The summed E-state index contributed by atoms with van der Waals surface area (Å²) in [5.74, 6) is 1.33. The van der Waals surface area contributed by atoms with Crippen LogP contribution < -0.4 is 14.8 Å². The van der Waals surface area contributed by atoms with Crippen LogP contribution in [0.4, 0.5) is 15.9 Å². The number of hydrogen-bond acceptors (Lipinski definition) is 10. The van der Waals surface area contributed by atoms with Gasteiger partial charge in [-0.3, -0.25) is 9.88 Å². The van der Waals surface area contributed by atoms with Crippen molar-refractivity contribution in [3.05, 3.63) is 118 Å². The van der Waals surface area contributed by atoms with Crippen LogP contribution in [0.5, 0.6) is 11.5 Å². The van der Waals surface area contributed by atoms with Gasteiger partial charge in [0.05, 0.1) is 28.4 Å². The smallest absolute Gasteiger partial charge is 0.225 e. The number of benzene rings is 3. The molecular weight excluding hydrogens is 699 g/mol. The molecule has 1 N–H and O–H groups in total. The molecule has 0 saturated heterocycles. The zero-order chi connectivity index (χ0) is 34.9. The molecule has 256 valence electrons. The first-order chi connectivity index (χ1) is 24.3. The maximum absolute atomic E-state index is 13.5. The normalized spacial score (nSPS) is 11.1. The molecule has 6 aromatic rings. The molecule has 0 aliphatic carbocycles. The number of rotatable bonds is 15. The molecule has 0 amide bonds. The Kier molecular flexibility index (Phi) is 11.6. The number of hydrogen-bond donors (Lipinski definition) is 1. The molecule has 10 nitrogen and oxygen atoms in total. The van der Waals surface area contributed by atoms with Gasteiger partial charge in [0.2, 0.25) is 10.3 Å². The number of nitrogens with zero attached hydrogens (tertiary/aromatic N) is 5. The zero-order valence-corrected chi connectivity index (χ0v) is 29.3. The Morgan fingerprint density at radius 3 is 2.66 bits per heavy atom. The van der Waals surface area contributed by atoms with Gasteiger partial charge in [-0.15, -0.1) is 11.3 Å². The number of methoxy groups -OCH3 is 1. The first kappa shape index (κ1) is 34.9. The molecule has 0 aliphatic heterocycles. The van der Waals surface area contributed by atoms with Crippen LogP contribution in [-0.4, -0.2) is 58.9 Å². The Bertz CT molecular complexity index is 2230. The van der Waals surface area contributed by atoms with Gasteiger partial charge in [-0.05, 0) is 60.5 Å². The van der Waals surface area contributed by atoms with E-state index in [1.807, 2.05) is 41.8 Å². The topological polar surface area (TPSA) is 119 Å². The van der Waals surface area contributed by atoms with Crippen LogP contribution in [0.15, 0.2) is 90.7 Å². The highest BCUT2D eigenvalue weighted by Crippen LogP contribution is 2.37. The number of aromatic nitrogens is 4. The summed E-state index contributed by atoms with van der Waals surface area (Å²) in [6.07, 6.45) is 5.25. The fourth-order valence-corrected chi connectivity index (χ4v) is 6.83. The van der Waals surface area contributed by atoms with Crippen molar-refractivity contribution in [1.29, 1.82) is 0 Å². The highest BCUT2D eigenvalue weighted by Gasteiger charge is 2.16. The zero-order valence-electron chi connectivity index (χ0n) is 26.9. The lowest BCUT2D eigenvalue weighted by Gasteiger charge is -2.15. The number of anilines is 2. The third-order valence-electron chi connectivity index (χ3n) is 7.71. The van der Waals surface area contributed by atoms with Gasteiger partial charge in [-0.2, -0.15) is 8.42 Å². The number of aryl methyl sites for hydroxylation is 1. The highest BCUT2D eigenvalue weighted by atomic mass is 35.5. The van der Waals surface area contributed by atoms with Crippen molar-refractivity contribution in [3.63, 3.8) is 0 Å². The van der Waals surface area contributed by atoms with Gasteiger partial charge < -0.3 is 14.8 Å². The van der Waals surface area contributed by atoms with Crippen LogP contribution in [0.25, 0.3) is 22.2 Å². The van der Waals surface area contributed by atoms with Gasteiger partial charge in [-0.1, -0.05) is 29.8 Å². The first-order valence-corrected chi connectivity index (χ1v) is 18.0. The first-order valence-electron chi connectivity index (χ1n) is 15.6. The Morgan fingerprint density at radius 1 is 0.980 bits per heavy atom.